The molecule has 0 aliphatic heterocycles. The number of allylic oxidation sites excluding steroid dienone is 1. The zero-order valence-corrected chi connectivity index (χ0v) is 6.83. The molecule has 11 heavy (non-hydrogen) atoms. The summed E-state index contributed by atoms with van der Waals surface area (Å²) in [6.45, 7) is 5.39. The number of ether oxygens (including phenoxy) is 1. The molecule has 0 rings (SSSR count). The Balaban J connectivity index is 4.20. The Labute approximate surface area is 66.5 Å². The first-order valence-electron chi connectivity index (χ1n) is 3.29. The Morgan fingerprint density at radius 1 is 1.73 bits per heavy atom. The maximum absolute atomic E-state index is 10.6. The summed E-state index contributed by atoms with van der Waals surface area (Å²) in [5.41, 5.74) is 5.96. The van der Waals surface area contributed by atoms with Gasteiger partial charge in [-0.3, -0.25) is 0 Å². The van der Waals surface area contributed by atoms with E-state index in [0.717, 1.165) is 0 Å². The van der Waals surface area contributed by atoms with Crippen molar-refractivity contribution >= 4 is 5.97 Å². The Morgan fingerprint density at radius 2 is 2.27 bits per heavy atom. The third-order valence-corrected chi connectivity index (χ3v) is 1.37. The Kier molecular flexibility index (Phi) is 4.03. The minimum Gasteiger partial charge on any atom is -0.466 e. The van der Waals surface area contributed by atoms with Gasteiger partial charge in [-0.2, -0.15) is 0 Å². The molecule has 1 unspecified atom stereocenters. The average Bonchev–Trinajstić information content (AvgIpc) is 2.02. The predicted octanol–water partition coefficient (Wildman–Crippen LogP) is 0.824. The molecule has 0 amide bonds. The van der Waals surface area contributed by atoms with E-state index < -0.39 is 5.97 Å². The predicted molar refractivity (Wildman–Crippen MR) is 43.6 cm³/mol. The van der Waals surface area contributed by atoms with Crippen LogP contribution < -0.4 is 5.73 Å². The minimum atomic E-state index is -0.434. The zero-order valence-electron chi connectivity index (χ0n) is 6.83. The first kappa shape index (κ1) is 9.75. The van der Waals surface area contributed by atoms with E-state index in [1.807, 2.05) is 6.92 Å². The van der Waals surface area contributed by atoms with E-state index in [0.29, 0.717) is 5.70 Å². The summed E-state index contributed by atoms with van der Waals surface area (Å²) in [7, 11) is 1.31. The quantitative estimate of drug-likeness (QED) is 0.373. The highest BCUT2D eigenvalue weighted by atomic mass is 16.5. The van der Waals surface area contributed by atoms with Crippen LogP contribution in [0.2, 0.25) is 0 Å². The van der Waals surface area contributed by atoms with Gasteiger partial charge in [-0.05, 0) is 0 Å². The van der Waals surface area contributed by atoms with Crippen LogP contribution >= 0.6 is 0 Å². The van der Waals surface area contributed by atoms with Gasteiger partial charge in [0.15, 0.2) is 0 Å². The van der Waals surface area contributed by atoms with Crippen molar-refractivity contribution in [2.75, 3.05) is 7.11 Å². The van der Waals surface area contributed by atoms with Crippen molar-refractivity contribution in [2.45, 2.75) is 6.92 Å². The number of carbonyl (C=O) groups is 1. The number of methoxy groups -OCH3 is 1. The molecule has 0 aliphatic carbocycles. The van der Waals surface area contributed by atoms with Gasteiger partial charge in [0.05, 0.1) is 7.11 Å². The first-order chi connectivity index (χ1) is 5.11. The molecule has 1 atom stereocenters. The number of hydrogen-bond acceptors (Lipinski definition) is 3. The fourth-order valence-corrected chi connectivity index (χ4v) is 0.463. The maximum Gasteiger partial charge on any atom is 0.332 e. The van der Waals surface area contributed by atoms with Crippen LogP contribution in [0.15, 0.2) is 24.4 Å². The highest BCUT2D eigenvalue weighted by molar-refractivity contribution is 5.82. The summed E-state index contributed by atoms with van der Waals surface area (Å²) in [6, 6.07) is 0. The Hall–Kier alpha value is -1.25. The molecule has 0 fully saturated rings. The maximum atomic E-state index is 10.6. The molecule has 3 nitrogen and oxygen atoms in total. The molecule has 0 heterocycles. The second-order valence-electron chi connectivity index (χ2n) is 2.19. The summed E-state index contributed by atoms with van der Waals surface area (Å²) in [6.07, 6.45) is 2.92. The van der Waals surface area contributed by atoms with E-state index in [-0.39, 0.29) is 5.92 Å². The van der Waals surface area contributed by atoms with Crippen molar-refractivity contribution < 1.29 is 9.53 Å². The Morgan fingerprint density at radius 3 is 2.64 bits per heavy atom. The van der Waals surface area contributed by atoms with Gasteiger partial charge in [-0.1, -0.05) is 13.0 Å². The molecule has 3 heteroatoms. The lowest BCUT2D eigenvalue weighted by Crippen LogP contribution is -2.09. The molecular formula is C8H13NO2. The van der Waals surface area contributed by atoms with E-state index in [2.05, 4.69) is 11.3 Å². The van der Waals surface area contributed by atoms with E-state index in [1.54, 1.807) is 6.08 Å². The summed E-state index contributed by atoms with van der Waals surface area (Å²) in [5.74, 6) is -0.426. The lowest BCUT2D eigenvalue weighted by molar-refractivity contribution is -0.134. The third-order valence-electron chi connectivity index (χ3n) is 1.37. The van der Waals surface area contributed by atoms with Gasteiger partial charge < -0.3 is 10.5 Å². The molecule has 0 spiro atoms. The van der Waals surface area contributed by atoms with Gasteiger partial charge in [0.1, 0.15) is 0 Å². The van der Waals surface area contributed by atoms with E-state index in [9.17, 15) is 4.79 Å². The van der Waals surface area contributed by atoms with Gasteiger partial charge in [0.25, 0.3) is 0 Å². The van der Waals surface area contributed by atoms with Crippen LogP contribution in [0.25, 0.3) is 0 Å². The molecule has 0 saturated carbocycles. The molecule has 0 aromatic rings. The fourth-order valence-electron chi connectivity index (χ4n) is 0.463. The van der Waals surface area contributed by atoms with Crippen LogP contribution in [0.4, 0.5) is 0 Å². The van der Waals surface area contributed by atoms with E-state index in [1.165, 1.54) is 13.2 Å². The topological polar surface area (TPSA) is 52.3 Å². The van der Waals surface area contributed by atoms with Crippen LogP contribution in [0.3, 0.4) is 0 Å². The van der Waals surface area contributed by atoms with E-state index >= 15 is 0 Å². The van der Waals surface area contributed by atoms with Crippen LogP contribution in [0.1, 0.15) is 6.92 Å². The van der Waals surface area contributed by atoms with Crippen LogP contribution in [-0.4, -0.2) is 13.1 Å². The monoisotopic (exact) mass is 155 g/mol. The van der Waals surface area contributed by atoms with Crippen molar-refractivity contribution in [3.05, 3.63) is 24.4 Å². The molecular weight excluding hydrogens is 142 g/mol. The Bertz CT molecular complexity index is 185. The molecule has 0 aliphatic rings. The van der Waals surface area contributed by atoms with Gasteiger partial charge >= 0.3 is 5.97 Å². The zero-order chi connectivity index (χ0) is 8.85. The number of hydrogen-bond donors (Lipinski definition) is 1. The molecule has 0 saturated heterocycles. The normalized spacial score (nSPS) is 13.8. The highest BCUT2D eigenvalue weighted by Gasteiger charge is 2.02. The molecule has 0 aromatic carbocycles. The summed E-state index contributed by atoms with van der Waals surface area (Å²) >= 11 is 0. The van der Waals surface area contributed by atoms with Crippen molar-refractivity contribution in [2.24, 2.45) is 11.7 Å². The van der Waals surface area contributed by atoms with Crippen LogP contribution in [0, 0.1) is 5.92 Å². The SMILES string of the molecule is C=CC(C)/C(N)=C/C(=O)OC. The minimum absolute atomic E-state index is 0.00843. The molecule has 0 bridgehead atoms. The number of esters is 1. The van der Waals surface area contributed by atoms with Gasteiger partial charge in [-0.25, -0.2) is 4.79 Å². The number of rotatable bonds is 3. The van der Waals surface area contributed by atoms with E-state index in [4.69, 9.17) is 5.73 Å². The first-order valence-corrected chi connectivity index (χ1v) is 3.29. The van der Waals surface area contributed by atoms with Crippen molar-refractivity contribution in [1.82, 2.24) is 0 Å². The standard InChI is InChI=1S/C8H13NO2/c1-4-6(2)7(9)5-8(10)11-3/h4-6H,1,9H2,2-3H3/b7-5-. The largest absolute Gasteiger partial charge is 0.466 e. The lowest BCUT2D eigenvalue weighted by Gasteiger charge is -2.04. The second-order valence-corrected chi connectivity index (χ2v) is 2.19. The van der Waals surface area contributed by atoms with Gasteiger partial charge in [0, 0.05) is 17.7 Å². The fraction of sp³-hybridized carbons (Fsp3) is 0.375. The van der Waals surface area contributed by atoms with Crippen molar-refractivity contribution in [3.63, 3.8) is 0 Å². The molecule has 62 valence electrons. The van der Waals surface area contributed by atoms with Crippen molar-refractivity contribution in [1.29, 1.82) is 0 Å². The molecule has 2 N–H and O–H groups in total. The van der Waals surface area contributed by atoms with Crippen LogP contribution in [0.5, 0.6) is 0 Å². The van der Waals surface area contributed by atoms with Crippen LogP contribution in [-0.2, 0) is 9.53 Å². The third kappa shape index (κ3) is 3.45. The van der Waals surface area contributed by atoms with Crippen molar-refractivity contribution in [3.8, 4) is 0 Å². The average molecular weight is 155 g/mol. The lowest BCUT2D eigenvalue weighted by atomic mass is 10.1. The molecule has 0 aromatic heterocycles. The summed E-state index contributed by atoms with van der Waals surface area (Å²) in [5, 5.41) is 0. The highest BCUT2D eigenvalue weighted by Crippen LogP contribution is 2.04. The summed E-state index contributed by atoms with van der Waals surface area (Å²) < 4.78 is 4.39. The number of carbonyl (C=O) groups excluding carboxylic acids is 1. The smallest absolute Gasteiger partial charge is 0.332 e. The summed E-state index contributed by atoms with van der Waals surface area (Å²) in [4.78, 5) is 10.6. The molecule has 0 radical (unpaired) electrons. The van der Waals surface area contributed by atoms with Gasteiger partial charge in [-0.15, -0.1) is 6.58 Å². The van der Waals surface area contributed by atoms with Gasteiger partial charge in [0.2, 0.25) is 0 Å². The second kappa shape index (κ2) is 4.55. The number of nitrogens with two attached hydrogens (primary N) is 1.